The maximum atomic E-state index is 11.1. The zero-order valence-corrected chi connectivity index (χ0v) is 11.1. The molecule has 6 nitrogen and oxygen atoms in total. The van der Waals surface area contributed by atoms with Gasteiger partial charge in [0.25, 0.3) is 0 Å². The second kappa shape index (κ2) is 5.63. The molecule has 1 aliphatic carbocycles. The smallest absolute Gasteiger partial charge is 0.335 e. The average Bonchev–Trinajstić information content (AvgIpc) is 2.89. The summed E-state index contributed by atoms with van der Waals surface area (Å²) in [6.45, 7) is 0. The fourth-order valence-corrected chi connectivity index (χ4v) is 2.32. The molecule has 0 aromatic heterocycles. The lowest BCUT2D eigenvalue weighted by atomic mass is 10.00. The highest BCUT2D eigenvalue weighted by atomic mass is 16.4. The quantitative estimate of drug-likeness (QED) is 0.788. The van der Waals surface area contributed by atoms with Crippen molar-refractivity contribution in [2.45, 2.75) is 6.42 Å². The van der Waals surface area contributed by atoms with Crippen molar-refractivity contribution >= 4 is 17.1 Å². The Morgan fingerprint density at radius 2 is 1.41 bits per heavy atom. The number of hydrogen-bond donors (Lipinski definition) is 1. The van der Waals surface area contributed by atoms with Gasteiger partial charge in [-0.15, -0.1) is 0 Å². The van der Waals surface area contributed by atoms with Crippen molar-refractivity contribution in [2.24, 2.45) is 0 Å². The lowest BCUT2D eigenvalue weighted by Gasteiger charge is -2.03. The summed E-state index contributed by atoms with van der Waals surface area (Å²) < 4.78 is 0. The van der Waals surface area contributed by atoms with E-state index in [0.717, 1.165) is 0 Å². The zero-order chi connectivity index (χ0) is 16.3. The van der Waals surface area contributed by atoms with Gasteiger partial charge in [0, 0.05) is 6.42 Å². The Hall–Kier alpha value is -3.87. The molecule has 0 radical (unpaired) electrons. The Balaban J connectivity index is 2.87. The van der Waals surface area contributed by atoms with Crippen LogP contribution in [0, 0.1) is 45.3 Å². The van der Waals surface area contributed by atoms with Crippen LogP contribution in [0.15, 0.2) is 29.3 Å². The van der Waals surface area contributed by atoms with Crippen LogP contribution in [0.5, 0.6) is 0 Å². The van der Waals surface area contributed by atoms with E-state index in [0.29, 0.717) is 22.3 Å². The number of allylic oxidation sites excluding steroid dienone is 4. The normalized spacial score (nSPS) is 11.5. The predicted octanol–water partition coefficient (Wildman–Crippen LogP) is 2.39. The van der Waals surface area contributed by atoms with Crippen LogP contribution < -0.4 is 0 Å². The molecule has 1 N–H and O–H groups in total. The molecule has 1 aromatic rings. The first-order valence-electron chi connectivity index (χ1n) is 6.02. The van der Waals surface area contributed by atoms with Gasteiger partial charge in [0.2, 0.25) is 0 Å². The molecule has 102 valence electrons. The first-order valence-corrected chi connectivity index (χ1v) is 6.02. The third kappa shape index (κ3) is 2.18. The van der Waals surface area contributed by atoms with Gasteiger partial charge in [-0.2, -0.15) is 21.0 Å². The van der Waals surface area contributed by atoms with Gasteiger partial charge in [-0.05, 0) is 34.4 Å². The SMILES string of the molecule is N#CC(C#N)=C1CC(=C(C#N)C#N)c2cc(C(=O)O)ccc21. The second-order valence-corrected chi connectivity index (χ2v) is 4.40. The summed E-state index contributed by atoms with van der Waals surface area (Å²) in [7, 11) is 0. The third-order valence-electron chi connectivity index (χ3n) is 3.32. The zero-order valence-electron chi connectivity index (χ0n) is 11.1. The van der Waals surface area contributed by atoms with Gasteiger partial charge < -0.3 is 5.11 Å². The highest BCUT2D eigenvalue weighted by molar-refractivity contribution is 6.00. The number of aromatic carboxylic acids is 1. The fraction of sp³-hybridized carbons (Fsp3) is 0.0625. The molecule has 0 spiro atoms. The first-order chi connectivity index (χ1) is 10.6. The molecule has 6 heteroatoms. The fourth-order valence-electron chi connectivity index (χ4n) is 2.32. The van der Waals surface area contributed by atoms with Gasteiger partial charge in [-0.3, -0.25) is 0 Å². The van der Waals surface area contributed by atoms with Crippen molar-refractivity contribution in [1.29, 1.82) is 21.0 Å². The topological polar surface area (TPSA) is 132 Å². The van der Waals surface area contributed by atoms with Gasteiger partial charge in [0.15, 0.2) is 0 Å². The molecule has 0 saturated carbocycles. The lowest BCUT2D eigenvalue weighted by Crippen LogP contribution is -1.97. The average molecular weight is 286 g/mol. The van der Waals surface area contributed by atoms with E-state index in [1.807, 2.05) is 0 Å². The number of carboxylic acids is 1. The number of rotatable bonds is 1. The van der Waals surface area contributed by atoms with Crippen LogP contribution in [-0.2, 0) is 0 Å². The molecule has 22 heavy (non-hydrogen) atoms. The molecule has 0 atom stereocenters. The molecule has 0 aliphatic heterocycles. The molecule has 1 aromatic carbocycles. The monoisotopic (exact) mass is 286 g/mol. The van der Waals surface area contributed by atoms with Crippen molar-refractivity contribution in [3.05, 3.63) is 46.0 Å². The highest BCUT2D eigenvalue weighted by Gasteiger charge is 2.28. The van der Waals surface area contributed by atoms with Crippen molar-refractivity contribution < 1.29 is 9.90 Å². The van der Waals surface area contributed by atoms with E-state index < -0.39 is 5.97 Å². The first kappa shape index (κ1) is 14.5. The molecule has 0 saturated heterocycles. The Labute approximate surface area is 125 Å². The van der Waals surface area contributed by atoms with Gasteiger partial charge in [0.1, 0.15) is 35.4 Å². The van der Waals surface area contributed by atoms with Gasteiger partial charge >= 0.3 is 5.97 Å². The number of hydrogen-bond acceptors (Lipinski definition) is 5. The number of fused-ring (bicyclic) bond motifs is 1. The summed E-state index contributed by atoms with van der Waals surface area (Å²) in [5.74, 6) is -1.14. The molecule has 1 aliphatic rings. The standard InChI is InChI=1S/C16H6N4O2/c17-5-10(6-18)13-4-14(11(7-19)8-20)15-3-9(16(21)22)1-2-12(13)15/h1-3H,4H2,(H,21,22). The Kier molecular flexibility index (Phi) is 3.72. The molecule has 0 heterocycles. The number of benzene rings is 1. The van der Waals surface area contributed by atoms with Crippen molar-refractivity contribution in [2.75, 3.05) is 0 Å². The van der Waals surface area contributed by atoms with Crippen molar-refractivity contribution in [3.63, 3.8) is 0 Å². The van der Waals surface area contributed by atoms with E-state index in [1.165, 1.54) is 18.2 Å². The van der Waals surface area contributed by atoms with Gasteiger partial charge in [-0.25, -0.2) is 4.79 Å². The van der Waals surface area contributed by atoms with Crippen LogP contribution in [0.1, 0.15) is 27.9 Å². The number of carbonyl (C=O) groups is 1. The maximum absolute atomic E-state index is 11.1. The Morgan fingerprint density at radius 1 is 0.909 bits per heavy atom. The van der Waals surface area contributed by atoms with Crippen LogP contribution >= 0.6 is 0 Å². The largest absolute Gasteiger partial charge is 0.478 e. The maximum Gasteiger partial charge on any atom is 0.335 e. The summed E-state index contributed by atoms with van der Waals surface area (Å²) in [5.41, 5.74) is 1.36. The molecule has 0 fully saturated rings. The molecule has 2 rings (SSSR count). The van der Waals surface area contributed by atoms with Gasteiger partial charge in [0.05, 0.1) is 5.56 Å². The van der Waals surface area contributed by atoms with E-state index in [1.54, 1.807) is 24.3 Å². The minimum atomic E-state index is -1.14. The number of carboxylic acid groups (broad SMARTS) is 1. The van der Waals surface area contributed by atoms with E-state index in [9.17, 15) is 4.79 Å². The molecular formula is C16H6N4O2. The van der Waals surface area contributed by atoms with Gasteiger partial charge in [-0.1, -0.05) is 6.07 Å². The molecule has 0 amide bonds. The van der Waals surface area contributed by atoms with Crippen molar-refractivity contribution in [3.8, 4) is 24.3 Å². The van der Waals surface area contributed by atoms with E-state index in [4.69, 9.17) is 26.2 Å². The lowest BCUT2D eigenvalue weighted by molar-refractivity contribution is 0.0697. The predicted molar refractivity (Wildman–Crippen MR) is 74.3 cm³/mol. The summed E-state index contributed by atoms with van der Waals surface area (Å²) in [5, 5.41) is 45.2. The van der Waals surface area contributed by atoms with Crippen LogP contribution in [-0.4, -0.2) is 11.1 Å². The Bertz CT molecular complexity index is 893. The minimum Gasteiger partial charge on any atom is -0.478 e. The van der Waals surface area contributed by atoms with E-state index in [2.05, 4.69) is 0 Å². The second-order valence-electron chi connectivity index (χ2n) is 4.40. The van der Waals surface area contributed by atoms with Crippen LogP contribution in [0.25, 0.3) is 11.1 Å². The highest BCUT2D eigenvalue weighted by Crippen LogP contribution is 2.43. The van der Waals surface area contributed by atoms with Crippen LogP contribution in [0.2, 0.25) is 0 Å². The van der Waals surface area contributed by atoms with Crippen LogP contribution in [0.3, 0.4) is 0 Å². The summed E-state index contributed by atoms with van der Waals surface area (Å²) >= 11 is 0. The number of nitriles is 4. The van der Waals surface area contributed by atoms with Crippen molar-refractivity contribution in [1.82, 2.24) is 0 Å². The van der Waals surface area contributed by atoms with E-state index >= 15 is 0 Å². The molecular weight excluding hydrogens is 280 g/mol. The summed E-state index contributed by atoms with van der Waals surface area (Å²) in [6.07, 6.45) is 0.0747. The Morgan fingerprint density at radius 3 is 1.86 bits per heavy atom. The number of nitrogens with zero attached hydrogens (tertiary/aromatic N) is 4. The summed E-state index contributed by atoms with van der Waals surface area (Å²) in [6, 6.07) is 11.3. The van der Waals surface area contributed by atoms with E-state index in [-0.39, 0.29) is 23.1 Å². The third-order valence-corrected chi connectivity index (χ3v) is 3.32. The minimum absolute atomic E-state index is 0.00296. The molecule has 0 bridgehead atoms. The summed E-state index contributed by atoms with van der Waals surface area (Å²) in [4.78, 5) is 11.1. The van der Waals surface area contributed by atoms with Crippen LogP contribution in [0.4, 0.5) is 0 Å². The molecule has 0 unspecified atom stereocenters.